The van der Waals surface area contributed by atoms with Crippen LogP contribution in [0.2, 0.25) is 0 Å². The molecule has 0 radical (unpaired) electrons. The molecule has 17 heavy (non-hydrogen) atoms. The van der Waals surface area contributed by atoms with Gasteiger partial charge in [-0.25, -0.2) is 9.97 Å². The van der Waals surface area contributed by atoms with Gasteiger partial charge in [-0.1, -0.05) is 0 Å². The molecule has 3 rings (SSSR count). The van der Waals surface area contributed by atoms with Gasteiger partial charge in [0.05, 0.1) is 0 Å². The highest BCUT2D eigenvalue weighted by molar-refractivity contribution is 5.85. The molecule has 0 saturated carbocycles. The number of rotatable bonds is 1. The van der Waals surface area contributed by atoms with E-state index in [9.17, 15) is 0 Å². The summed E-state index contributed by atoms with van der Waals surface area (Å²) in [6.45, 7) is 1.85. The van der Waals surface area contributed by atoms with Crippen LogP contribution in [-0.4, -0.2) is 33.5 Å². The fraction of sp³-hybridized carbons (Fsp3) is 0.400. The van der Waals surface area contributed by atoms with Gasteiger partial charge in [0.25, 0.3) is 0 Å². The van der Waals surface area contributed by atoms with Gasteiger partial charge in [-0.15, -0.1) is 24.8 Å². The summed E-state index contributed by atoms with van der Waals surface area (Å²) >= 11 is 0. The van der Waals surface area contributed by atoms with Crippen LogP contribution in [0, 0.1) is 0 Å². The van der Waals surface area contributed by atoms with Crippen molar-refractivity contribution in [2.75, 3.05) is 18.0 Å². The summed E-state index contributed by atoms with van der Waals surface area (Å²) in [5.74, 6) is 0.940. The summed E-state index contributed by atoms with van der Waals surface area (Å²) in [5, 5.41) is 0. The average Bonchev–Trinajstić information content (AvgIpc) is 2.84. The Balaban J connectivity index is 0.000000722. The molecule has 0 bridgehead atoms. The monoisotopic (exact) mass is 275 g/mol. The molecule has 2 N–H and O–H groups in total. The third-order valence-electron chi connectivity index (χ3n) is 2.82. The van der Waals surface area contributed by atoms with Gasteiger partial charge in [-0.2, -0.15) is 0 Å². The predicted molar refractivity (Wildman–Crippen MR) is 72.3 cm³/mol. The van der Waals surface area contributed by atoms with Crippen molar-refractivity contribution in [1.82, 2.24) is 14.4 Å². The van der Waals surface area contributed by atoms with Crippen LogP contribution in [0.15, 0.2) is 24.8 Å². The molecule has 2 aromatic heterocycles. The Bertz CT molecular complexity index is 486. The summed E-state index contributed by atoms with van der Waals surface area (Å²) in [4.78, 5) is 10.9. The molecule has 0 aromatic carbocycles. The number of hydrogen-bond acceptors (Lipinski definition) is 4. The molecular formula is C10H15Cl2N5. The molecule has 5 nitrogen and oxygen atoms in total. The Hall–Kier alpha value is -1.04. The number of anilines is 1. The van der Waals surface area contributed by atoms with Gasteiger partial charge >= 0.3 is 0 Å². The van der Waals surface area contributed by atoms with E-state index in [1.165, 1.54) is 0 Å². The van der Waals surface area contributed by atoms with Gasteiger partial charge in [0.2, 0.25) is 0 Å². The standard InChI is InChI=1S/C10H13N5.2ClH/c11-8-1-4-15(7-8)10-9-12-2-5-14(9)6-3-13-10;;/h2-3,5-6,8H,1,4,7,11H2;2*1H/t8-;;/m1../s1. The highest BCUT2D eigenvalue weighted by Crippen LogP contribution is 2.20. The van der Waals surface area contributed by atoms with Crippen LogP contribution < -0.4 is 10.6 Å². The molecular weight excluding hydrogens is 261 g/mol. The lowest BCUT2D eigenvalue weighted by Gasteiger charge is -2.16. The van der Waals surface area contributed by atoms with Crippen molar-refractivity contribution in [3.63, 3.8) is 0 Å². The molecule has 1 saturated heterocycles. The van der Waals surface area contributed by atoms with Crippen molar-refractivity contribution in [3.8, 4) is 0 Å². The van der Waals surface area contributed by atoms with E-state index in [-0.39, 0.29) is 30.9 Å². The van der Waals surface area contributed by atoms with E-state index < -0.39 is 0 Å². The first-order valence-electron chi connectivity index (χ1n) is 5.13. The maximum absolute atomic E-state index is 5.89. The van der Waals surface area contributed by atoms with E-state index in [2.05, 4.69) is 14.9 Å². The number of nitrogens with two attached hydrogens (primary N) is 1. The van der Waals surface area contributed by atoms with Crippen molar-refractivity contribution in [2.45, 2.75) is 12.5 Å². The number of aromatic nitrogens is 3. The van der Waals surface area contributed by atoms with Gasteiger partial charge in [0.15, 0.2) is 11.5 Å². The van der Waals surface area contributed by atoms with Gasteiger partial charge in [0.1, 0.15) is 0 Å². The zero-order valence-corrected chi connectivity index (χ0v) is 10.8. The van der Waals surface area contributed by atoms with Gasteiger partial charge < -0.3 is 15.0 Å². The summed E-state index contributed by atoms with van der Waals surface area (Å²) in [6, 6.07) is 0.266. The fourth-order valence-corrected chi connectivity index (χ4v) is 2.04. The largest absolute Gasteiger partial charge is 0.352 e. The highest BCUT2D eigenvalue weighted by atomic mass is 35.5. The van der Waals surface area contributed by atoms with Gasteiger partial charge in [-0.05, 0) is 6.42 Å². The smallest absolute Gasteiger partial charge is 0.180 e. The molecule has 0 spiro atoms. The first-order valence-corrected chi connectivity index (χ1v) is 5.13. The molecule has 3 heterocycles. The van der Waals surface area contributed by atoms with E-state index in [4.69, 9.17) is 5.73 Å². The van der Waals surface area contributed by atoms with Gasteiger partial charge in [-0.3, -0.25) is 0 Å². The second-order valence-corrected chi connectivity index (χ2v) is 3.90. The summed E-state index contributed by atoms with van der Waals surface area (Å²) in [7, 11) is 0. The molecule has 0 amide bonds. The fourth-order valence-electron chi connectivity index (χ4n) is 2.04. The average molecular weight is 276 g/mol. The van der Waals surface area contributed by atoms with E-state index in [1.54, 1.807) is 12.4 Å². The normalized spacial score (nSPS) is 18.9. The number of hydrogen-bond donors (Lipinski definition) is 1. The zero-order chi connectivity index (χ0) is 10.3. The minimum absolute atomic E-state index is 0. The zero-order valence-electron chi connectivity index (χ0n) is 9.19. The highest BCUT2D eigenvalue weighted by Gasteiger charge is 2.22. The number of imidazole rings is 1. The maximum atomic E-state index is 5.89. The number of fused-ring (bicyclic) bond motifs is 1. The first-order chi connectivity index (χ1) is 7.34. The van der Waals surface area contributed by atoms with Crippen molar-refractivity contribution in [1.29, 1.82) is 0 Å². The van der Waals surface area contributed by atoms with Crippen LogP contribution >= 0.6 is 24.8 Å². The Morgan fingerprint density at radius 2 is 1.88 bits per heavy atom. The minimum atomic E-state index is 0. The SMILES string of the molecule is Cl.Cl.N[C@@H]1CCN(c2nccn3ccnc23)C1. The van der Waals surface area contributed by atoms with Crippen LogP contribution in [0.5, 0.6) is 0 Å². The van der Waals surface area contributed by atoms with Crippen LogP contribution in [0.3, 0.4) is 0 Å². The van der Waals surface area contributed by atoms with Crippen LogP contribution in [0.25, 0.3) is 5.65 Å². The minimum Gasteiger partial charge on any atom is -0.352 e. The van der Waals surface area contributed by atoms with E-state index in [0.717, 1.165) is 31.0 Å². The van der Waals surface area contributed by atoms with Crippen LogP contribution in [0.4, 0.5) is 5.82 Å². The Labute approximate surface area is 112 Å². The Morgan fingerprint density at radius 3 is 2.53 bits per heavy atom. The molecule has 2 aromatic rings. The third-order valence-corrected chi connectivity index (χ3v) is 2.82. The van der Waals surface area contributed by atoms with E-state index in [1.807, 2.05) is 16.8 Å². The predicted octanol–water partition coefficient (Wildman–Crippen LogP) is 1.11. The second-order valence-electron chi connectivity index (χ2n) is 3.90. The topological polar surface area (TPSA) is 59.5 Å². The molecule has 1 fully saturated rings. The quantitative estimate of drug-likeness (QED) is 0.847. The lowest BCUT2D eigenvalue weighted by atomic mass is 10.3. The summed E-state index contributed by atoms with van der Waals surface area (Å²) in [5.41, 5.74) is 6.79. The third kappa shape index (κ3) is 2.46. The van der Waals surface area contributed by atoms with Crippen LogP contribution in [0.1, 0.15) is 6.42 Å². The molecule has 0 unspecified atom stereocenters. The number of nitrogens with zero attached hydrogens (tertiary/aromatic N) is 4. The van der Waals surface area contributed by atoms with Crippen molar-refractivity contribution < 1.29 is 0 Å². The second kappa shape index (κ2) is 5.53. The van der Waals surface area contributed by atoms with E-state index in [0.29, 0.717) is 0 Å². The summed E-state index contributed by atoms with van der Waals surface area (Å²) < 4.78 is 1.98. The van der Waals surface area contributed by atoms with Crippen molar-refractivity contribution in [2.24, 2.45) is 5.73 Å². The Kier molecular flexibility index (Phi) is 4.56. The Morgan fingerprint density at radius 1 is 1.18 bits per heavy atom. The first kappa shape index (κ1) is 14.0. The maximum Gasteiger partial charge on any atom is 0.180 e. The molecule has 1 aliphatic heterocycles. The molecule has 1 atom stereocenters. The summed E-state index contributed by atoms with van der Waals surface area (Å²) in [6.07, 6.45) is 8.45. The lowest BCUT2D eigenvalue weighted by molar-refractivity contribution is 0.751. The van der Waals surface area contributed by atoms with Crippen molar-refractivity contribution in [3.05, 3.63) is 24.8 Å². The lowest BCUT2D eigenvalue weighted by Crippen LogP contribution is -2.27. The molecule has 94 valence electrons. The molecule has 7 heteroatoms. The van der Waals surface area contributed by atoms with Crippen molar-refractivity contribution >= 4 is 36.3 Å². The van der Waals surface area contributed by atoms with Crippen LogP contribution in [-0.2, 0) is 0 Å². The van der Waals surface area contributed by atoms with Gasteiger partial charge in [0, 0.05) is 43.9 Å². The molecule has 1 aliphatic rings. The van der Waals surface area contributed by atoms with E-state index >= 15 is 0 Å². The number of halogens is 2. The molecule has 0 aliphatic carbocycles.